The Morgan fingerprint density at radius 1 is 1.10 bits per heavy atom. The number of carbonyl (C=O) groups excluding carboxylic acids is 1. The van der Waals surface area contributed by atoms with Gasteiger partial charge in [-0.1, -0.05) is 49.6 Å². The normalized spacial score (nSPS) is 14.6. The third-order valence-corrected chi connectivity index (χ3v) is 5.75. The van der Waals surface area contributed by atoms with Gasteiger partial charge in [-0.15, -0.1) is 0 Å². The highest BCUT2D eigenvalue weighted by molar-refractivity contribution is 5.81. The van der Waals surface area contributed by atoms with Gasteiger partial charge in [-0.25, -0.2) is 0 Å². The van der Waals surface area contributed by atoms with Crippen molar-refractivity contribution < 1.29 is 13.9 Å². The molecule has 4 rings (SSSR count). The van der Waals surface area contributed by atoms with E-state index in [1.807, 2.05) is 36.4 Å². The molecule has 2 aromatic carbocycles. The predicted octanol–water partition coefficient (Wildman–Crippen LogP) is 5.52. The number of esters is 1. The van der Waals surface area contributed by atoms with Gasteiger partial charge in [0.25, 0.3) is 0 Å². The molecule has 1 N–H and O–H groups in total. The fraction of sp³-hybridized carbons (Fsp3) is 0.360. The van der Waals surface area contributed by atoms with Gasteiger partial charge in [0.2, 0.25) is 0 Å². The summed E-state index contributed by atoms with van der Waals surface area (Å²) in [5.74, 6) is 0.498. The summed E-state index contributed by atoms with van der Waals surface area (Å²) >= 11 is 0. The van der Waals surface area contributed by atoms with Crippen LogP contribution < -0.4 is 10.7 Å². The van der Waals surface area contributed by atoms with Crippen molar-refractivity contribution in [3.63, 3.8) is 0 Å². The predicted molar refractivity (Wildman–Crippen MR) is 118 cm³/mol. The van der Waals surface area contributed by atoms with Crippen LogP contribution in [0.2, 0.25) is 0 Å². The van der Waals surface area contributed by atoms with Crippen LogP contribution in [0.15, 0.2) is 57.7 Å². The molecule has 0 amide bonds. The molecule has 1 heterocycles. The minimum atomic E-state index is -0.401. The van der Waals surface area contributed by atoms with E-state index in [0.717, 1.165) is 36.9 Å². The van der Waals surface area contributed by atoms with Gasteiger partial charge in [-0.3, -0.25) is 9.59 Å². The van der Waals surface area contributed by atoms with Crippen LogP contribution in [0.4, 0.5) is 5.69 Å². The average molecular weight is 405 g/mol. The van der Waals surface area contributed by atoms with Gasteiger partial charge in [0.05, 0.1) is 10.9 Å². The monoisotopic (exact) mass is 405 g/mol. The van der Waals surface area contributed by atoms with Crippen molar-refractivity contribution >= 4 is 22.6 Å². The van der Waals surface area contributed by atoms with E-state index in [0.29, 0.717) is 28.8 Å². The van der Waals surface area contributed by atoms with Crippen molar-refractivity contribution in [1.82, 2.24) is 0 Å². The molecular formula is C25H27NO4. The number of rotatable bonds is 6. The summed E-state index contributed by atoms with van der Waals surface area (Å²) in [6, 6.07) is 15.7. The third kappa shape index (κ3) is 4.56. The second kappa shape index (κ2) is 9.16. The van der Waals surface area contributed by atoms with Gasteiger partial charge in [0.1, 0.15) is 18.0 Å². The molecule has 1 saturated carbocycles. The Balaban J connectivity index is 1.69. The van der Waals surface area contributed by atoms with Gasteiger partial charge < -0.3 is 14.5 Å². The van der Waals surface area contributed by atoms with Crippen molar-refractivity contribution in [2.24, 2.45) is 0 Å². The lowest BCUT2D eigenvalue weighted by Gasteiger charge is -2.23. The number of fused-ring (bicyclic) bond motifs is 1. The zero-order chi connectivity index (χ0) is 20.9. The minimum Gasteiger partial charge on any atom is -0.461 e. The van der Waals surface area contributed by atoms with Crippen LogP contribution in [0, 0.1) is 0 Å². The largest absolute Gasteiger partial charge is 0.461 e. The Morgan fingerprint density at radius 3 is 2.60 bits per heavy atom. The summed E-state index contributed by atoms with van der Waals surface area (Å²) in [4.78, 5) is 24.7. The minimum absolute atomic E-state index is 0.0406. The van der Waals surface area contributed by atoms with Crippen LogP contribution >= 0.6 is 0 Å². The Kier molecular flexibility index (Phi) is 6.17. The highest BCUT2D eigenvalue weighted by atomic mass is 16.5. The molecule has 30 heavy (non-hydrogen) atoms. The van der Waals surface area contributed by atoms with E-state index in [4.69, 9.17) is 9.15 Å². The maximum absolute atomic E-state index is 13.4. The molecule has 1 aliphatic rings. The molecule has 0 atom stereocenters. The van der Waals surface area contributed by atoms with E-state index in [-0.39, 0.29) is 18.0 Å². The Hall–Kier alpha value is -3.08. The second-order valence-electron chi connectivity index (χ2n) is 7.94. The first-order chi connectivity index (χ1) is 14.6. The lowest BCUT2D eigenvalue weighted by Crippen LogP contribution is -2.18. The lowest BCUT2D eigenvalue weighted by molar-refractivity contribution is -0.142. The van der Waals surface area contributed by atoms with Crippen molar-refractivity contribution in [1.29, 1.82) is 0 Å². The van der Waals surface area contributed by atoms with Crippen molar-refractivity contribution in [3.8, 4) is 0 Å². The molecule has 5 nitrogen and oxygen atoms in total. The Morgan fingerprint density at radius 2 is 1.87 bits per heavy atom. The summed E-state index contributed by atoms with van der Waals surface area (Å²) in [5, 5.41) is 3.87. The summed E-state index contributed by atoms with van der Waals surface area (Å²) in [6.45, 7) is 1.98. The number of ether oxygens (including phenoxy) is 1. The number of hydrogen-bond acceptors (Lipinski definition) is 5. The zero-order valence-corrected chi connectivity index (χ0v) is 17.3. The molecule has 1 aliphatic carbocycles. The fourth-order valence-corrected chi connectivity index (χ4v) is 4.17. The fourth-order valence-electron chi connectivity index (χ4n) is 4.17. The molecule has 1 fully saturated rings. The van der Waals surface area contributed by atoms with Gasteiger partial charge in [-0.2, -0.15) is 0 Å². The quantitative estimate of drug-likeness (QED) is 0.547. The van der Waals surface area contributed by atoms with Crippen LogP contribution in [0.3, 0.4) is 0 Å². The first-order valence-corrected chi connectivity index (χ1v) is 10.6. The zero-order valence-electron chi connectivity index (χ0n) is 17.3. The van der Waals surface area contributed by atoms with E-state index in [1.165, 1.54) is 13.3 Å². The SMILES string of the molecule is CC(=O)OCc1c(C2CCCCC2)oc2ccc(NCc3ccccc3)cc2c1=O. The summed E-state index contributed by atoms with van der Waals surface area (Å²) in [6.07, 6.45) is 5.46. The molecule has 0 aliphatic heterocycles. The molecule has 3 aromatic rings. The number of hydrogen-bond donors (Lipinski definition) is 1. The molecule has 1 aromatic heterocycles. The summed E-state index contributed by atoms with van der Waals surface area (Å²) < 4.78 is 11.5. The maximum Gasteiger partial charge on any atom is 0.302 e. The molecule has 0 spiro atoms. The molecule has 0 unspecified atom stereocenters. The van der Waals surface area contributed by atoms with E-state index in [2.05, 4.69) is 17.4 Å². The van der Waals surface area contributed by atoms with E-state index < -0.39 is 5.97 Å². The van der Waals surface area contributed by atoms with Crippen molar-refractivity contribution in [2.45, 2.75) is 58.1 Å². The van der Waals surface area contributed by atoms with Crippen LogP contribution in [0.1, 0.15) is 61.8 Å². The van der Waals surface area contributed by atoms with Gasteiger partial charge in [0, 0.05) is 25.1 Å². The van der Waals surface area contributed by atoms with Gasteiger partial charge >= 0.3 is 5.97 Å². The Labute approximate surface area is 176 Å². The number of benzene rings is 2. The smallest absolute Gasteiger partial charge is 0.302 e. The van der Waals surface area contributed by atoms with E-state index in [9.17, 15) is 9.59 Å². The maximum atomic E-state index is 13.4. The van der Waals surface area contributed by atoms with Crippen LogP contribution in [0.25, 0.3) is 11.0 Å². The molecule has 156 valence electrons. The third-order valence-electron chi connectivity index (χ3n) is 5.75. The van der Waals surface area contributed by atoms with E-state index >= 15 is 0 Å². The topological polar surface area (TPSA) is 68.5 Å². The highest BCUT2D eigenvalue weighted by Crippen LogP contribution is 2.35. The summed E-state index contributed by atoms with van der Waals surface area (Å²) in [7, 11) is 0. The van der Waals surface area contributed by atoms with Crippen molar-refractivity contribution in [3.05, 3.63) is 75.6 Å². The number of nitrogens with one attached hydrogen (secondary N) is 1. The Bertz CT molecular complexity index is 1080. The van der Waals surface area contributed by atoms with Crippen LogP contribution in [-0.2, 0) is 22.7 Å². The highest BCUT2D eigenvalue weighted by Gasteiger charge is 2.25. The lowest BCUT2D eigenvalue weighted by atomic mass is 9.85. The molecule has 0 radical (unpaired) electrons. The first kappa shape index (κ1) is 20.2. The van der Waals surface area contributed by atoms with E-state index in [1.54, 1.807) is 0 Å². The van der Waals surface area contributed by atoms with Crippen LogP contribution in [0.5, 0.6) is 0 Å². The molecule has 5 heteroatoms. The standard InChI is InChI=1S/C25H27NO4/c1-17(27)29-16-22-24(28)21-14-20(26-15-18-8-4-2-5-9-18)12-13-23(21)30-25(22)19-10-6-3-7-11-19/h2,4-5,8-9,12-14,19,26H,3,6-7,10-11,15-16H2,1H3. The molecular weight excluding hydrogens is 378 g/mol. The number of anilines is 1. The van der Waals surface area contributed by atoms with Gasteiger partial charge in [-0.05, 0) is 36.6 Å². The molecule has 0 saturated heterocycles. The molecule has 0 bridgehead atoms. The summed E-state index contributed by atoms with van der Waals surface area (Å²) in [5.41, 5.74) is 2.96. The van der Waals surface area contributed by atoms with Gasteiger partial charge in [0.15, 0.2) is 5.43 Å². The number of carbonyl (C=O) groups is 1. The first-order valence-electron chi connectivity index (χ1n) is 10.6. The van der Waals surface area contributed by atoms with Crippen LogP contribution in [-0.4, -0.2) is 5.97 Å². The second-order valence-corrected chi connectivity index (χ2v) is 7.94. The van der Waals surface area contributed by atoms with Crippen molar-refractivity contribution in [2.75, 3.05) is 5.32 Å². The average Bonchev–Trinajstić information content (AvgIpc) is 2.78.